The Morgan fingerprint density at radius 1 is 1.36 bits per heavy atom. The summed E-state index contributed by atoms with van der Waals surface area (Å²) in [6.45, 7) is 7.08. The van der Waals surface area contributed by atoms with Gasteiger partial charge in [0.1, 0.15) is 0 Å². The number of likely N-dealkylation sites (N-methyl/N-ethyl adjacent to an activating group) is 1. The largest absolute Gasteiger partial charge is 0.355 e. The van der Waals surface area contributed by atoms with E-state index in [2.05, 4.69) is 17.6 Å². The zero-order valence-corrected chi connectivity index (χ0v) is 15.8. The Morgan fingerprint density at radius 2 is 2.08 bits per heavy atom. The maximum atomic E-state index is 12.1. The molecular weight excluding hydrogens is 318 g/mol. The van der Waals surface area contributed by atoms with Crippen LogP contribution in [0.4, 0.5) is 0 Å². The fourth-order valence-electron chi connectivity index (χ4n) is 2.71. The maximum absolute atomic E-state index is 12.1. The number of carbonyl (C=O) groups is 3. The van der Waals surface area contributed by atoms with Crippen molar-refractivity contribution in [1.29, 1.82) is 0 Å². The Hall–Kier alpha value is -1.95. The van der Waals surface area contributed by atoms with Gasteiger partial charge in [0.15, 0.2) is 0 Å². The molecule has 1 fully saturated rings. The fraction of sp³-hybridized carbons (Fsp3) is 0.632. The van der Waals surface area contributed by atoms with E-state index in [1.165, 1.54) is 4.90 Å². The van der Waals surface area contributed by atoms with Crippen LogP contribution in [0.2, 0.25) is 0 Å². The minimum Gasteiger partial charge on any atom is -0.355 e. The lowest BCUT2D eigenvalue weighted by Gasteiger charge is -2.16. The summed E-state index contributed by atoms with van der Waals surface area (Å²) in [7, 11) is 1.85. The molecule has 0 saturated carbocycles. The van der Waals surface area contributed by atoms with Crippen LogP contribution in [0, 0.1) is 11.8 Å². The van der Waals surface area contributed by atoms with Gasteiger partial charge >= 0.3 is 0 Å². The quantitative estimate of drug-likeness (QED) is 0.359. The maximum Gasteiger partial charge on any atom is 0.237 e. The monoisotopic (exact) mass is 349 g/mol. The van der Waals surface area contributed by atoms with E-state index in [0.29, 0.717) is 18.7 Å². The van der Waals surface area contributed by atoms with Gasteiger partial charge in [-0.15, -0.1) is 0 Å². The summed E-state index contributed by atoms with van der Waals surface area (Å²) < 4.78 is 0. The van der Waals surface area contributed by atoms with Crippen molar-refractivity contribution in [2.75, 3.05) is 20.1 Å². The molecule has 1 aliphatic heterocycles. The zero-order chi connectivity index (χ0) is 18.8. The summed E-state index contributed by atoms with van der Waals surface area (Å²) in [6.07, 6.45) is 8.10. The van der Waals surface area contributed by atoms with E-state index in [9.17, 15) is 14.4 Å². The standard InChI is InChI=1S/C19H31N3O3/c1-5-16(22-18(24)13-15(3)19(22)25)10-9-14(2)7-6-8-17(23)21-12-11-20-4/h5,9-10,14-15,20H,6-8,11-13H2,1-4H3,(H,21,23)/b10-9-,16-5+. The second kappa shape index (κ2) is 10.8. The lowest BCUT2D eigenvalue weighted by molar-refractivity contribution is -0.136. The Kier molecular flexibility index (Phi) is 9.13. The highest BCUT2D eigenvalue weighted by Crippen LogP contribution is 2.24. The van der Waals surface area contributed by atoms with Crippen molar-refractivity contribution in [1.82, 2.24) is 15.5 Å². The van der Waals surface area contributed by atoms with Crippen molar-refractivity contribution in [3.63, 3.8) is 0 Å². The van der Waals surface area contributed by atoms with Gasteiger partial charge in [0, 0.05) is 37.5 Å². The van der Waals surface area contributed by atoms with Crippen molar-refractivity contribution in [3.05, 3.63) is 23.9 Å². The SMILES string of the molecule is C/C=C(\C=C/C(C)CCCC(=O)NCCNC)N1C(=O)CC(C)C1=O. The lowest BCUT2D eigenvalue weighted by Crippen LogP contribution is -2.30. The van der Waals surface area contributed by atoms with Crippen molar-refractivity contribution >= 4 is 17.7 Å². The molecule has 2 unspecified atom stereocenters. The molecule has 25 heavy (non-hydrogen) atoms. The van der Waals surface area contributed by atoms with Gasteiger partial charge in [0.2, 0.25) is 17.7 Å². The number of hydrogen-bond donors (Lipinski definition) is 2. The number of hydrogen-bond acceptors (Lipinski definition) is 4. The fourth-order valence-corrected chi connectivity index (χ4v) is 2.71. The molecule has 0 aliphatic carbocycles. The van der Waals surface area contributed by atoms with Crippen LogP contribution in [0.3, 0.4) is 0 Å². The first-order valence-electron chi connectivity index (χ1n) is 9.03. The molecule has 1 aliphatic rings. The minimum absolute atomic E-state index is 0.0721. The molecule has 0 bridgehead atoms. The summed E-state index contributed by atoms with van der Waals surface area (Å²) >= 11 is 0. The molecule has 2 atom stereocenters. The van der Waals surface area contributed by atoms with E-state index < -0.39 is 0 Å². The number of nitrogens with one attached hydrogen (secondary N) is 2. The third-order valence-electron chi connectivity index (χ3n) is 4.28. The molecule has 0 aromatic carbocycles. The second-order valence-corrected chi connectivity index (χ2v) is 6.57. The number of carbonyl (C=O) groups excluding carboxylic acids is 3. The normalized spacial score (nSPS) is 19.8. The van der Waals surface area contributed by atoms with E-state index >= 15 is 0 Å². The van der Waals surface area contributed by atoms with Crippen molar-refractivity contribution in [2.24, 2.45) is 11.8 Å². The molecule has 1 rings (SSSR count). The van der Waals surface area contributed by atoms with E-state index in [1.54, 1.807) is 13.0 Å². The highest BCUT2D eigenvalue weighted by atomic mass is 16.2. The summed E-state index contributed by atoms with van der Waals surface area (Å²) in [5.74, 6) is -0.169. The molecule has 6 heteroatoms. The van der Waals surface area contributed by atoms with Gasteiger partial charge in [-0.3, -0.25) is 19.3 Å². The average molecular weight is 349 g/mol. The van der Waals surface area contributed by atoms with Gasteiger partial charge in [0.05, 0.1) is 0 Å². The predicted octanol–water partition coefficient (Wildman–Crippen LogP) is 1.98. The molecule has 2 N–H and O–H groups in total. The van der Waals surface area contributed by atoms with Crippen molar-refractivity contribution in [3.8, 4) is 0 Å². The Bertz CT molecular complexity index is 540. The van der Waals surface area contributed by atoms with Crippen LogP contribution in [0.1, 0.15) is 46.5 Å². The molecule has 0 aromatic rings. The number of likely N-dealkylation sites (tertiary alicyclic amines) is 1. The Balaban J connectivity index is 2.42. The van der Waals surface area contributed by atoms with Crippen LogP contribution < -0.4 is 10.6 Å². The van der Waals surface area contributed by atoms with Crippen molar-refractivity contribution in [2.45, 2.75) is 46.5 Å². The minimum atomic E-state index is -0.241. The van der Waals surface area contributed by atoms with Crippen LogP contribution in [-0.2, 0) is 14.4 Å². The second-order valence-electron chi connectivity index (χ2n) is 6.57. The highest BCUT2D eigenvalue weighted by Gasteiger charge is 2.36. The molecule has 0 aromatic heterocycles. The Morgan fingerprint density at radius 3 is 2.64 bits per heavy atom. The van der Waals surface area contributed by atoms with E-state index in [0.717, 1.165) is 19.4 Å². The van der Waals surface area contributed by atoms with Crippen LogP contribution in [0.15, 0.2) is 23.9 Å². The van der Waals surface area contributed by atoms with Gasteiger partial charge in [-0.1, -0.05) is 26.0 Å². The van der Waals surface area contributed by atoms with Crippen LogP contribution in [0.25, 0.3) is 0 Å². The topological polar surface area (TPSA) is 78.5 Å². The Labute approximate surface area is 150 Å². The number of nitrogens with zero attached hydrogens (tertiary/aromatic N) is 1. The average Bonchev–Trinajstić information content (AvgIpc) is 2.82. The summed E-state index contributed by atoms with van der Waals surface area (Å²) in [4.78, 5) is 37.0. The molecule has 140 valence electrons. The first-order valence-corrected chi connectivity index (χ1v) is 9.03. The predicted molar refractivity (Wildman–Crippen MR) is 98.5 cm³/mol. The van der Waals surface area contributed by atoms with Gasteiger partial charge in [-0.05, 0) is 38.8 Å². The summed E-state index contributed by atoms with van der Waals surface area (Å²) in [6, 6.07) is 0. The van der Waals surface area contributed by atoms with Gasteiger partial charge in [-0.25, -0.2) is 0 Å². The molecule has 1 heterocycles. The summed E-state index contributed by atoms with van der Waals surface area (Å²) in [5, 5.41) is 5.84. The molecule has 3 amide bonds. The third kappa shape index (κ3) is 6.82. The van der Waals surface area contributed by atoms with E-state index in [-0.39, 0.29) is 36.0 Å². The first kappa shape index (κ1) is 21.1. The number of amides is 3. The van der Waals surface area contributed by atoms with Crippen molar-refractivity contribution < 1.29 is 14.4 Å². The zero-order valence-electron chi connectivity index (χ0n) is 15.8. The van der Waals surface area contributed by atoms with E-state index in [4.69, 9.17) is 0 Å². The number of imide groups is 1. The van der Waals surface area contributed by atoms with Crippen LogP contribution in [0.5, 0.6) is 0 Å². The van der Waals surface area contributed by atoms with Gasteiger partial charge in [-0.2, -0.15) is 0 Å². The lowest BCUT2D eigenvalue weighted by atomic mass is 10.0. The molecule has 0 spiro atoms. The van der Waals surface area contributed by atoms with Crippen LogP contribution in [-0.4, -0.2) is 42.8 Å². The number of allylic oxidation sites excluding steroid dienone is 3. The van der Waals surface area contributed by atoms with Gasteiger partial charge < -0.3 is 10.6 Å². The number of rotatable bonds is 10. The first-order chi connectivity index (χ1) is 11.9. The molecule has 1 saturated heterocycles. The highest BCUT2D eigenvalue weighted by molar-refractivity contribution is 6.05. The van der Waals surface area contributed by atoms with Crippen LogP contribution >= 0.6 is 0 Å². The molecular formula is C19H31N3O3. The van der Waals surface area contributed by atoms with Gasteiger partial charge in [0.25, 0.3) is 0 Å². The molecule has 6 nitrogen and oxygen atoms in total. The smallest absolute Gasteiger partial charge is 0.237 e. The molecule has 0 radical (unpaired) electrons. The third-order valence-corrected chi connectivity index (χ3v) is 4.28. The summed E-state index contributed by atoms with van der Waals surface area (Å²) in [5.41, 5.74) is 0.635. The van der Waals surface area contributed by atoms with E-state index in [1.807, 2.05) is 26.1 Å².